The molecule has 1 aromatic rings. The quantitative estimate of drug-likeness (QED) is 0.668. The Balaban J connectivity index is 3.61. The van der Waals surface area contributed by atoms with Crippen molar-refractivity contribution in [2.24, 2.45) is 0 Å². The standard InChI is InChI=1S/C16H21O/c1-8-11-9-12(15(2,3)4)14(17)13(10-11)16(5,6)7/h9-10,17H,2-7H3. The van der Waals surface area contributed by atoms with Crippen molar-refractivity contribution in [3.05, 3.63) is 35.2 Å². The molecule has 17 heavy (non-hydrogen) atoms. The molecule has 0 spiro atoms. The first-order valence-electron chi connectivity index (χ1n) is 5.88. The Bertz CT molecular complexity index is 427. The number of rotatable bonds is 0. The Morgan fingerprint density at radius 1 is 0.941 bits per heavy atom. The number of phenols is 1. The third-order valence-corrected chi connectivity index (χ3v) is 2.87. The summed E-state index contributed by atoms with van der Waals surface area (Å²) >= 11 is 0. The maximum absolute atomic E-state index is 10.4. The first kappa shape index (κ1) is 13.6. The highest BCUT2D eigenvalue weighted by molar-refractivity contribution is 5.52. The van der Waals surface area contributed by atoms with Gasteiger partial charge in [0.05, 0.1) is 0 Å². The molecule has 1 radical (unpaired) electrons. The Morgan fingerprint density at radius 2 is 1.29 bits per heavy atom. The Morgan fingerprint density at radius 3 is 1.53 bits per heavy atom. The fourth-order valence-corrected chi connectivity index (χ4v) is 1.85. The normalized spacial score (nSPS) is 12.3. The van der Waals surface area contributed by atoms with Crippen LogP contribution in [-0.4, -0.2) is 5.11 Å². The van der Waals surface area contributed by atoms with Gasteiger partial charge in [0.25, 0.3) is 0 Å². The first-order valence-corrected chi connectivity index (χ1v) is 5.88. The molecule has 0 aliphatic heterocycles. The van der Waals surface area contributed by atoms with Gasteiger partial charge in [-0.3, -0.25) is 0 Å². The summed E-state index contributed by atoms with van der Waals surface area (Å²) in [5, 5.41) is 10.4. The first-order chi connectivity index (χ1) is 7.57. The van der Waals surface area contributed by atoms with Crippen LogP contribution in [0.5, 0.6) is 5.75 Å². The van der Waals surface area contributed by atoms with Gasteiger partial charge in [0, 0.05) is 16.7 Å². The minimum absolute atomic E-state index is 0.142. The number of hydrogen-bond donors (Lipinski definition) is 1. The summed E-state index contributed by atoms with van der Waals surface area (Å²) in [6.45, 7) is 12.3. The Labute approximate surface area is 105 Å². The second-order valence-corrected chi connectivity index (χ2v) is 6.54. The summed E-state index contributed by atoms with van der Waals surface area (Å²) in [6, 6.07) is 3.69. The average Bonchev–Trinajstić information content (AvgIpc) is 2.14. The second kappa shape index (κ2) is 4.11. The molecule has 0 heterocycles. The molecule has 1 rings (SSSR count). The van der Waals surface area contributed by atoms with E-state index in [2.05, 4.69) is 47.5 Å². The molecule has 0 bridgehead atoms. The predicted octanol–water partition coefficient (Wildman–Crippen LogP) is 3.93. The van der Waals surface area contributed by atoms with Gasteiger partial charge in [-0.1, -0.05) is 47.5 Å². The van der Waals surface area contributed by atoms with E-state index in [9.17, 15) is 5.11 Å². The van der Waals surface area contributed by atoms with E-state index in [0.717, 1.165) is 16.7 Å². The molecule has 1 nitrogen and oxygen atoms in total. The zero-order valence-corrected chi connectivity index (χ0v) is 11.6. The van der Waals surface area contributed by atoms with Gasteiger partial charge in [0.1, 0.15) is 5.75 Å². The molecule has 0 aliphatic carbocycles. The van der Waals surface area contributed by atoms with Crippen molar-refractivity contribution in [2.75, 3.05) is 0 Å². The maximum Gasteiger partial charge on any atom is 0.123 e. The van der Waals surface area contributed by atoms with Crippen LogP contribution < -0.4 is 0 Å². The molecule has 1 N–H and O–H groups in total. The molecular formula is C16H21O. The van der Waals surface area contributed by atoms with Gasteiger partial charge in [0.15, 0.2) is 0 Å². The molecule has 0 fully saturated rings. The van der Waals surface area contributed by atoms with Gasteiger partial charge in [-0.2, -0.15) is 0 Å². The molecule has 0 saturated heterocycles. The van der Waals surface area contributed by atoms with E-state index in [1.807, 2.05) is 12.1 Å². The van der Waals surface area contributed by atoms with Crippen LogP contribution in [0.25, 0.3) is 0 Å². The van der Waals surface area contributed by atoms with Crippen LogP contribution >= 0.6 is 0 Å². The Hall–Kier alpha value is -1.42. The van der Waals surface area contributed by atoms with Crippen LogP contribution in [0.3, 0.4) is 0 Å². The van der Waals surface area contributed by atoms with Gasteiger partial charge in [-0.15, -0.1) is 0 Å². The molecule has 91 valence electrons. The molecule has 1 heteroatoms. The average molecular weight is 229 g/mol. The van der Waals surface area contributed by atoms with Gasteiger partial charge in [-0.05, 0) is 29.4 Å². The lowest BCUT2D eigenvalue weighted by molar-refractivity contribution is 0.423. The highest BCUT2D eigenvalue weighted by Gasteiger charge is 2.26. The SMILES string of the molecule is [C]#Cc1cc(C(C)(C)C)c(O)c(C(C)(C)C)c1. The molecule has 0 amide bonds. The van der Waals surface area contributed by atoms with E-state index in [-0.39, 0.29) is 10.8 Å². The van der Waals surface area contributed by atoms with Crippen molar-refractivity contribution in [1.82, 2.24) is 0 Å². The number of benzene rings is 1. The van der Waals surface area contributed by atoms with Crippen LogP contribution in [0.2, 0.25) is 0 Å². The molecule has 0 aliphatic rings. The molecule has 0 atom stereocenters. The molecular weight excluding hydrogens is 208 g/mol. The van der Waals surface area contributed by atoms with Crippen molar-refractivity contribution in [3.63, 3.8) is 0 Å². The third kappa shape index (κ3) is 2.82. The van der Waals surface area contributed by atoms with E-state index >= 15 is 0 Å². The minimum Gasteiger partial charge on any atom is -0.507 e. The van der Waals surface area contributed by atoms with Gasteiger partial charge < -0.3 is 5.11 Å². The fourth-order valence-electron chi connectivity index (χ4n) is 1.85. The molecule has 0 unspecified atom stereocenters. The third-order valence-electron chi connectivity index (χ3n) is 2.87. The molecule has 0 saturated carbocycles. The van der Waals surface area contributed by atoms with Crippen molar-refractivity contribution in [2.45, 2.75) is 52.4 Å². The highest BCUT2D eigenvalue weighted by Crippen LogP contribution is 2.39. The summed E-state index contributed by atoms with van der Waals surface area (Å²) in [6.07, 6.45) is 7.28. The largest absolute Gasteiger partial charge is 0.507 e. The van der Waals surface area contributed by atoms with Crippen molar-refractivity contribution < 1.29 is 5.11 Å². The lowest BCUT2D eigenvalue weighted by Gasteiger charge is -2.27. The number of hydrogen-bond acceptors (Lipinski definition) is 1. The lowest BCUT2D eigenvalue weighted by atomic mass is 9.78. The highest BCUT2D eigenvalue weighted by atomic mass is 16.3. The minimum atomic E-state index is -0.142. The molecule has 1 aromatic carbocycles. The summed E-state index contributed by atoms with van der Waals surface area (Å²) in [4.78, 5) is 0. The van der Waals surface area contributed by atoms with Gasteiger partial charge in [0.2, 0.25) is 0 Å². The van der Waals surface area contributed by atoms with Gasteiger partial charge in [-0.25, -0.2) is 0 Å². The van der Waals surface area contributed by atoms with Crippen LogP contribution in [0.1, 0.15) is 58.2 Å². The van der Waals surface area contributed by atoms with E-state index in [1.165, 1.54) is 0 Å². The predicted molar refractivity (Wildman–Crippen MR) is 71.7 cm³/mol. The van der Waals surface area contributed by atoms with Crippen LogP contribution in [0, 0.1) is 12.3 Å². The fraction of sp³-hybridized carbons (Fsp3) is 0.500. The molecule has 0 aromatic heterocycles. The van der Waals surface area contributed by atoms with Gasteiger partial charge >= 0.3 is 0 Å². The summed E-state index contributed by atoms with van der Waals surface area (Å²) in [5.41, 5.74) is 2.19. The van der Waals surface area contributed by atoms with Crippen LogP contribution in [-0.2, 0) is 10.8 Å². The zero-order valence-electron chi connectivity index (χ0n) is 11.6. The summed E-state index contributed by atoms with van der Waals surface area (Å²) in [5.74, 6) is 2.77. The number of aromatic hydroxyl groups is 1. The summed E-state index contributed by atoms with van der Waals surface area (Å²) in [7, 11) is 0. The lowest BCUT2D eigenvalue weighted by Crippen LogP contribution is -2.17. The van der Waals surface area contributed by atoms with Crippen LogP contribution in [0.4, 0.5) is 0 Å². The smallest absolute Gasteiger partial charge is 0.123 e. The zero-order chi connectivity index (χ0) is 13.4. The number of phenolic OH excluding ortho intramolecular Hbond substituents is 1. The second-order valence-electron chi connectivity index (χ2n) is 6.54. The Kier molecular flexibility index (Phi) is 3.30. The summed E-state index contributed by atoms with van der Waals surface area (Å²) < 4.78 is 0. The van der Waals surface area contributed by atoms with Crippen LogP contribution in [0.15, 0.2) is 12.1 Å². The topological polar surface area (TPSA) is 20.2 Å². The monoisotopic (exact) mass is 229 g/mol. The van der Waals surface area contributed by atoms with E-state index < -0.39 is 0 Å². The maximum atomic E-state index is 10.4. The van der Waals surface area contributed by atoms with E-state index in [4.69, 9.17) is 6.42 Å². The van der Waals surface area contributed by atoms with Crippen molar-refractivity contribution in [3.8, 4) is 11.7 Å². The van der Waals surface area contributed by atoms with E-state index in [1.54, 1.807) is 0 Å². The van der Waals surface area contributed by atoms with Crippen molar-refractivity contribution in [1.29, 1.82) is 0 Å². The van der Waals surface area contributed by atoms with Crippen molar-refractivity contribution >= 4 is 0 Å². The van der Waals surface area contributed by atoms with E-state index in [0.29, 0.717) is 5.75 Å².